The highest BCUT2D eigenvalue weighted by molar-refractivity contribution is 7.50. The number of ether oxygens (including phenoxy) is 1. The number of carbonyl (C=O) groups is 1. The second kappa shape index (κ2) is 2.82. The van der Waals surface area contributed by atoms with Gasteiger partial charge in [0.05, 0.1) is 7.11 Å². The van der Waals surface area contributed by atoms with Crippen molar-refractivity contribution in [3.63, 3.8) is 0 Å². The molecule has 7 heteroatoms. The van der Waals surface area contributed by atoms with Gasteiger partial charge < -0.3 is 14.2 Å². The fraction of sp³-hybridized carbons (Fsp3) is 0.500. The highest BCUT2D eigenvalue weighted by Gasteiger charge is 2.17. The van der Waals surface area contributed by atoms with Crippen molar-refractivity contribution in [2.45, 2.75) is 0 Å². The molecule has 54 valence electrons. The van der Waals surface area contributed by atoms with E-state index in [1.165, 1.54) is 0 Å². The monoisotopic (exact) mass is 155 g/mol. The average molecular weight is 155 g/mol. The van der Waals surface area contributed by atoms with Crippen molar-refractivity contribution in [1.82, 2.24) is 0 Å². The Kier molecular flexibility index (Phi) is 2.64. The van der Waals surface area contributed by atoms with Gasteiger partial charge in [0.15, 0.2) is 0 Å². The van der Waals surface area contributed by atoms with Crippen LogP contribution in [0.1, 0.15) is 0 Å². The molecule has 0 aromatic rings. The van der Waals surface area contributed by atoms with E-state index in [9.17, 15) is 9.36 Å². The largest absolute Gasteiger partial charge is 0.515 e. The number of nitrogens with two attached hydrogens (primary N) is 1. The molecule has 1 atom stereocenters. The number of rotatable bonds is 1. The number of hydrogen-bond acceptors (Lipinski definition) is 4. The average Bonchev–Trinajstić information content (AvgIpc) is 1.62. The molecule has 1 unspecified atom stereocenters. The van der Waals surface area contributed by atoms with Gasteiger partial charge in [-0.05, 0) is 0 Å². The van der Waals surface area contributed by atoms with Crippen LogP contribution < -0.4 is 5.50 Å². The highest BCUT2D eigenvalue weighted by atomic mass is 31.2. The van der Waals surface area contributed by atoms with Crippen LogP contribution in [-0.2, 0) is 13.8 Å². The summed E-state index contributed by atoms with van der Waals surface area (Å²) in [4.78, 5) is 18.1. The summed E-state index contributed by atoms with van der Waals surface area (Å²) in [6.07, 6.45) is -1.27. The molecule has 0 radical (unpaired) electrons. The van der Waals surface area contributed by atoms with Gasteiger partial charge in [-0.3, -0.25) is 0 Å². The van der Waals surface area contributed by atoms with E-state index >= 15 is 0 Å². The van der Waals surface area contributed by atoms with Gasteiger partial charge in [-0.25, -0.2) is 14.9 Å². The zero-order valence-electron chi connectivity index (χ0n) is 4.60. The third-order valence-corrected chi connectivity index (χ3v) is 0.783. The summed E-state index contributed by atoms with van der Waals surface area (Å²) in [6.45, 7) is 0. The molecule has 0 aliphatic carbocycles. The number of carbonyl (C=O) groups excluding carboxylic acids is 1. The van der Waals surface area contributed by atoms with E-state index in [0.717, 1.165) is 7.11 Å². The second-order valence-electron chi connectivity index (χ2n) is 1.11. The third-order valence-electron chi connectivity index (χ3n) is 0.372. The minimum Gasteiger partial charge on any atom is -0.437 e. The zero-order valence-corrected chi connectivity index (χ0v) is 5.50. The Morgan fingerprint density at radius 3 is 2.33 bits per heavy atom. The van der Waals surface area contributed by atoms with Crippen LogP contribution in [0.25, 0.3) is 0 Å². The predicted molar refractivity (Wildman–Crippen MR) is 27.5 cm³/mol. The molecule has 0 spiro atoms. The molecular formula is C2H6NO5P. The maximum absolute atomic E-state index is 9.99. The number of methoxy groups -OCH3 is 1. The van der Waals surface area contributed by atoms with Crippen molar-refractivity contribution >= 4 is 13.9 Å². The molecule has 0 aliphatic heterocycles. The van der Waals surface area contributed by atoms with Gasteiger partial charge in [-0.15, -0.1) is 0 Å². The third kappa shape index (κ3) is 5.29. The maximum atomic E-state index is 9.99. The van der Waals surface area contributed by atoms with Gasteiger partial charge in [-0.2, -0.15) is 0 Å². The molecule has 0 amide bonds. The van der Waals surface area contributed by atoms with Crippen LogP contribution in [0.2, 0.25) is 0 Å². The smallest absolute Gasteiger partial charge is 0.437 e. The fourth-order valence-electron chi connectivity index (χ4n) is 0.144. The molecule has 3 N–H and O–H groups in total. The van der Waals surface area contributed by atoms with Gasteiger partial charge in [0.1, 0.15) is 0 Å². The fourth-order valence-corrected chi connectivity index (χ4v) is 0.432. The maximum Gasteiger partial charge on any atom is 0.515 e. The zero-order chi connectivity index (χ0) is 7.49. The van der Waals surface area contributed by atoms with Crippen molar-refractivity contribution in [3.8, 4) is 0 Å². The highest BCUT2D eigenvalue weighted by Crippen LogP contribution is 2.31. The van der Waals surface area contributed by atoms with E-state index in [4.69, 9.17) is 4.89 Å². The van der Waals surface area contributed by atoms with Gasteiger partial charge in [-0.1, -0.05) is 0 Å². The summed E-state index contributed by atoms with van der Waals surface area (Å²) in [6, 6.07) is 0. The quantitative estimate of drug-likeness (QED) is 0.402. The predicted octanol–water partition coefficient (Wildman–Crippen LogP) is -0.171. The summed E-state index contributed by atoms with van der Waals surface area (Å²) in [7, 11) is -3.21. The topological polar surface area (TPSA) is 98.9 Å². The lowest BCUT2D eigenvalue weighted by atomic mass is 11.4. The SMILES string of the molecule is COC(=O)OP(N)(=O)O. The molecule has 0 aliphatic rings. The molecule has 9 heavy (non-hydrogen) atoms. The van der Waals surface area contributed by atoms with Gasteiger partial charge >= 0.3 is 13.9 Å². The first-order valence-corrected chi connectivity index (χ1v) is 3.49. The molecule has 0 heterocycles. The Hall–Kier alpha value is -0.580. The first-order chi connectivity index (χ1) is 3.95. The van der Waals surface area contributed by atoms with Crippen LogP contribution in [0.15, 0.2) is 0 Å². The minimum absolute atomic E-state index is 0.998. The van der Waals surface area contributed by atoms with Crippen LogP contribution in [0.3, 0.4) is 0 Å². The molecule has 0 aromatic carbocycles. The van der Waals surface area contributed by atoms with Crippen LogP contribution >= 0.6 is 7.75 Å². The summed E-state index contributed by atoms with van der Waals surface area (Å²) in [5.41, 5.74) is 4.40. The summed E-state index contributed by atoms with van der Waals surface area (Å²) in [5, 5.41) is 0. The van der Waals surface area contributed by atoms with E-state index in [1.54, 1.807) is 0 Å². The van der Waals surface area contributed by atoms with Crippen molar-refractivity contribution < 1.29 is 23.5 Å². The van der Waals surface area contributed by atoms with Crippen molar-refractivity contribution in [2.75, 3.05) is 7.11 Å². The Morgan fingerprint density at radius 2 is 2.22 bits per heavy atom. The van der Waals surface area contributed by atoms with Crippen molar-refractivity contribution in [3.05, 3.63) is 0 Å². The molecule has 0 aromatic heterocycles. The van der Waals surface area contributed by atoms with Crippen LogP contribution in [-0.4, -0.2) is 18.2 Å². The van der Waals surface area contributed by atoms with E-state index in [0.29, 0.717) is 0 Å². The Balaban J connectivity index is 3.75. The van der Waals surface area contributed by atoms with Gasteiger partial charge in [0, 0.05) is 0 Å². The van der Waals surface area contributed by atoms with E-state index < -0.39 is 13.9 Å². The summed E-state index contributed by atoms with van der Waals surface area (Å²) < 4.78 is 17.5. The normalized spacial score (nSPS) is 15.9. The van der Waals surface area contributed by atoms with Gasteiger partial charge in [0.2, 0.25) is 0 Å². The first kappa shape index (κ1) is 8.42. The van der Waals surface area contributed by atoms with Crippen molar-refractivity contribution in [1.29, 1.82) is 0 Å². The Morgan fingerprint density at radius 1 is 1.78 bits per heavy atom. The number of hydrogen-bond donors (Lipinski definition) is 2. The molecule has 0 saturated heterocycles. The van der Waals surface area contributed by atoms with E-state index in [2.05, 4.69) is 14.8 Å². The lowest BCUT2D eigenvalue weighted by Crippen LogP contribution is -2.06. The standard InChI is InChI=1S/C2H6NO5P/c1-7-2(4)8-9(3,5)6/h1H3,(H3,3,5,6). The minimum atomic E-state index is -4.21. The van der Waals surface area contributed by atoms with E-state index in [-0.39, 0.29) is 0 Å². The second-order valence-corrected chi connectivity index (χ2v) is 2.42. The van der Waals surface area contributed by atoms with Crippen LogP contribution in [0.4, 0.5) is 4.79 Å². The van der Waals surface area contributed by atoms with Crippen molar-refractivity contribution in [2.24, 2.45) is 5.50 Å². The Labute approximate surface area is 51.1 Å². The molecule has 0 saturated carbocycles. The first-order valence-electron chi connectivity index (χ1n) is 1.84. The lowest BCUT2D eigenvalue weighted by Gasteiger charge is -2.02. The molecular weight excluding hydrogens is 149 g/mol. The molecule has 6 nitrogen and oxygen atoms in total. The van der Waals surface area contributed by atoms with Gasteiger partial charge in [0.25, 0.3) is 0 Å². The summed E-state index contributed by atoms with van der Waals surface area (Å²) >= 11 is 0. The molecule has 0 fully saturated rings. The Bertz CT molecular complexity index is 149. The molecule has 0 rings (SSSR count). The molecule has 0 bridgehead atoms. The van der Waals surface area contributed by atoms with E-state index in [1.807, 2.05) is 0 Å². The lowest BCUT2D eigenvalue weighted by molar-refractivity contribution is 0.116. The van der Waals surface area contributed by atoms with Crippen LogP contribution in [0, 0.1) is 0 Å². The van der Waals surface area contributed by atoms with Crippen LogP contribution in [0.5, 0.6) is 0 Å². The summed E-state index contributed by atoms with van der Waals surface area (Å²) in [5.74, 6) is 0.